The Morgan fingerprint density at radius 1 is 1.50 bits per heavy atom. The van der Waals surface area contributed by atoms with E-state index < -0.39 is 0 Å². The van der Waals surface area contributed by atoms with Crippen LogP contribution in [-0.2, 0) is 6.54 Å². The summed E-state index contributed by atoms with van der Waals surface area (Å²) in [4.78, 5) is 0. The van der Waals surface area contributed by atoms with Crippen molar-refractivity contribution in [3.63, 3.8) is 0 Å². The molecule has 1 aromatic carbocycles. The molecule has 0 spiro atoms. The van der Waals surface area contributed by atoms with Crippen molar-refractivity contribution in [1.82, 2.24) is 0 Å². The van der Waals surface area contributed by atoms with E-state index in [9.17, 15) is 5.11 Å². The van der Waals surface area contributed by atoms with Crippen LogP contribution < -0.4 is 5.73 Å². The van der Waals surface area contributed by atoms with E-state index in [4.69, 9.17) is 5.73 Å². The maximum Gasteiger partial charge on any atom is 0.120 e. The van der Waals surface area contributed by atoms with E-state index in [2.05, 4.69) is 0 Å². The standard InChI is InChI=1S/C10H13NO/c1-2-3-8-4-5-9(7-11)10(12)6-8/h2-6,12H,7,11H2,1H3/b3-2-. The van der Waals surface area contributed by atoms with Gasteiger partial charge in [0.25, 0.3) is 0 Å². The first kappa shape index (κ1) is 8.81. The molecule has 0 aliphatic rings. The molecule has 0 aliphatic carbocycles. The highest BCUT2D eigenvalue weighted by molar-refractivity contribution is 5.53. The Hall–Kier alpha value is -1.28. The van der Waals surface area contributed by atoms with E-state index in [0.717, 1.165) is 11.1 Å². The third-order valence-corrected chi connectivity index (χ3v) is 1.69. The van der Waals surface area contributed by atoms with E-state index in [1.165, 1.54) is 0 Å². The smallest absolute Gasteiger partial charge is 0.120 e. The monoisotopic (exact) mass is 163 g/mol. The van der Waals surface area contributed by atoms with E-state index in [1.807, 2.05) is 31.2 Å². The highest BCUT2D eigenvalue weighted by Gasteiger charge is 1.97. The number of hydrogen-bond donors (Lipinski definition) is 2. The Labute approximate surface area is 72.3 Å². The topological polar surface area (TPSA) is 46.2 Å². The summed E-state index contributed by atoms with van der Waals surface area (Å²) in [7, 11) is 0. The minimum absolute atomic E-state index is 0.271. The molecule has 0 bridgehead atoms. The molecule has 2 heteroatoms. The predicted molar refractivity (Wildman–Crippen MR) is 50.7 cm³/mol. The van der Waals surface area contributed by atoms with Crippen LogP contribution in [0.4, 0.5) is 0 Å². The summed E-state index contributed by atoms with van der Waals surface area (Å²) in [5.41, 5.74) is 7.17. The van der Waals surface area contributed by atoms with Gasteiger partial charge in [0.05, 0.1) is 0 Å². The molecule has 12 heavy (non-hydrogen) atoms. The van der Waals surface area contributed by atoms with E-state index in [-0.39, 0.29) is 5.75 Å². The van der Waals surface area contributed by atoms with Gasteiger partial charge in [0.1, 0.15) is 5.75 Å². The number of phenolic OH excluding ortho intramolecular Hbond substituents is 1. The molecule has 1 aromatic rings. The summed E-state index contributed by atoms with van der Waals surface area (Å²) in [6, 6.07) is 5.48. The van der Waals surface area contributed by atoms with Crippen LogP contribution in [0.1, 0.15) is 18.1 Å². The van der Waals surface area contributed by atoms with Gasteiger partial charge in [-0.2, -0.15) is 0 Å². The number of aromatic hydroxyl groups is 1. The van der Waals surface area contributed by atoms with Crippen LogP contribution in [0.3, 0.4) is 0 Å². The average Bonchev–Trinajstić information content (AvgIpc) is 2.05. The fraction of sp³-hybridized carbons (Fsp3) is 0.200. The number of phenols is 1. The number of hydrogen-bond acceptors (Lipinski definition) is 2. The SMILES string of the molecule is C/C=C\c1ccc(CN)c(O)c1. The van der Waals surface area contributed by atoms with Crippen molar-refractivity contribution in [1.29, 1.82) is 0 Å². The first-order valence-electron chi connectivity index (χ1n) is 3.92. The number of allylic oxidation sites excluding steroid dienone is 1. The van der Waals surface area contributed by atoms with Crippen molar-refractivity contribution in [2.24, 2.45) is 5.73 Å². The zero-order valence-corrected chi connectivity index (χ0v) is 7.12. The molecule has 0 saturated carbocycles. The van der Waals surface area contributed by atoms with Gasteiger partial charge in [-0.3, -0.25) is 0 Å². The van der Waals surface area contributed by atoms with E-state index in [1.54, 1.807) is 6.07 Å². The molecular weight excluding hydrogens is 150 g/mol. The Morgan fingerprint density at radius 2 is 2.25 bits per heavy atom. The highest BCUT2D eigenvalue weighted by Crippen LogP contribution is 2.18. The molecule has 0 radical (unpaired) electrons. The second-order valence-electron chi connectivity index (χ2n) is 2.59. The molecule has 0 heterocycles. The molecule has 0 atom stereocenters. The molecule has 3 N–H and O–H groups in total. The Bertz CT molecular complexity index is 292. The van der Waals surface area contributed by atoms with Gasteiger partial charge < -0.3 is 10.8 Å². The maximum atomic E-state index is 9.40. The molecule has 0 amide bonds. The minimum Gasteiger partial charge on any atom is -0.508 e. The molecule has 1 rings (SSSR count). The molecule has 0 aromatic heterocycles. The summed E-state index contributed by atoms with van der Waals surface area (Å²) in [5.74, 6) is 0.271. The van der Waals surface area contributed by atoms with Crippen LogP contribution >= 0.6 is 0 Å². The molecule has 64 valence electrons. The molecule has 2 nitrogen and oxygen atoms in total. The van der Waals surface area contributed by atoms with Gasteiger partial charge in [0.15, 0.2) is 0 Å². The Balaban J connectivity index is 3.01. The zero-order chi connectivity index (χ0) is 8.97. The van der Waals surface area contributed by atoms with Crippen molar-refractivity contribution < 1.29 is 5.11 Å². The van der Waals surface area contributed by atoms with Crippen molar-refractivity contribution >= 4 is 6.08 Å². The summed E-state index contributed by atoms with van der Waals surface area (Å²) >= 11 is 0. The second kappa shape index (κ2) is 3.93. The average molecular weight is 163 g/mol. The van der Waals surface area contributed by atoms with Gasteiger partial charge in [-0.25, -0.2) is 0 Å². The van der Waals surface area contributed by atoms with Crippen LogP contribution in [0.25, 0.3) is 6.08 Å². The van der Waals surface area contributed by atoms with Crippen molar-refractivity contribution in [2.45, 2.75) is 13.5 Å². The van der Waals surface area contributed by atoms with Crippen LogP contribution in [0.5, 0.6) is 5.75 Å². The number of benzene rings is 1. The lowest BCUT2D eigenvalue weighted by molar-refractivity contribution is 0.468. The van der Waals surface area contributed by atoms with Crippen molar-refractivity contribution in [3.8, 4) is 5.75 Å². The van der Waals surface area contributed by atoms with Gasteiger partial charge in [0.2, 0.25) is 0 Å². The molecule has 0 saturated heterocycles. The van der Waals surface area contributed by atoms with Crippen molar-refractivity contribution in [2.75, 3.05) is 0 Å². The fourth-order valence-corrected chi connectivity index (χ4v) is 1.05. The summed E-state index contributed by atoms with van der Waals surface area (Å²) in [6.07, 6.45) is 3.86. The lowest BCUT2D eigenvalue weighted by Gasteiger charge is -2.01. The fourth-order valence-electron chi connectivity index (χ4n) is 1.05. The minimum atomic E-state index is 0.271. The Kier molecular flexibility index (Phi) is 2.88. The second-order valence-corrected chi connectivity index (χ2v) is 2.59. The summed E-state index contributed by atoms with van der Waals surface area (Å²) < 4.78 is 0. The first-order chi connectivity index (χ1) is 5.77. The van der Waals surface area contributed by atoms with Crippen LogP contribution in [-0.4, -0.2) is 5.11 Å². The van der Waals surface area contributed by atoms with Crippen LogP contribution in [0.2, 0.25) is 0 Å². The zero-order valence-electron chi connectivity index (χ0n) is 7.12. The summed E-state index contributed by atoms with van der Waals surface area (Å²) in [5, 5.41) is 9.40. The van der Waals surface area contributed by atoms with Gasteiger partial charge in [0, 0.05) is 12.1 Å². The maximum absolute atomic E-state index is 9.40. The number of nitrogens with two attached hydrogens (primary N) is 1. The summed E-state index contributed by atoms with van der Waals surface area (Å²) in [6.45, 7) is 2.32. The molecular formula is C10H13NO. The number of rotatable bonds is 2. The van der Waals surface area contributed by atoms with Crippen molar-refractivity contribution in [3.05, 3.63) is 35.4 Å². The molecule has 0 unspecified atom stereocenters. The molecule has 0 fully saturated rings. The van der Waals surface area contributed by atoms with Gasteiger partial charge in [-0.15, -0.1) is 0 Å². The van der Waals surface area contributed by atoms with Gasteiger partial charge >= 0.3 is 0 Å². The third-order valence-electron chi connectivity index (χ3n) is 1.69. The van der Waals surface area contributed by atoms with Gasteiger partial charge in [-0.1, -0.05) is 24.3 Å². The quantitative estimate of drug-likeness (QED) is 0.699. The molecule has 0 aliphatic heterocycles. The highest BCUT2D eigenvalue weighted by atomic mass is 16.3. The predicted octanol–water partition coefficient (Wildman–Crippen LogP) is 1.88. The lowest BCUT2D eigenvalue weighted by Crippen LogP contribution is -1.96. The van der Waals surface area contributed by atoms with Crippen LogP contribution in [0.15, 0.2) is 24.3 Å². The van der Waals surface area contributed by atoms with E-state index in [0.29, 0.717) is 6.54 Å². The van der Waals surface area contributed by atoms with E-state index >= 15 is 0 Å². The normalized spacial score (nSPS) is 10.8. The first-order valence-corrected chi connectivity index (χ1v) is 3.92. The third kappa shape index (κ3) is 1.86. The van der Waals surface area contributed by atoms with Crippen LogP contribution in [0, 0.1) is 0 Å². The Morgan fingerprint density at radius 3 is 2.75 bits per heavy atom. The largest absolute Gasteiger partial charge is 0.508 e. The lowest BCUT2D eigenvalue weighted by atomic mass is 10.1. The van der Waals surface area contributed by atoms with Gasteiger partial charge in [-0.05, 0) is 18.6 Å².